The minimum atomic E-state index is 0.256. The summed E-state index contributed by atoms with van der Waals surface area (Å²) in [5, 5.41) is 11.5. The van der Waals surface area contributed by atoms with Crippen molar-refractivity contribution in [1.82, 2.24) is 15.2 Å². The summed E-state index contributed by atoms with van der Waals surface area (Å²) in [5.74, 6) is 2.70. The molecule has 3 heterocycles. The standard InChI is InChI=1S/C18H15N5O2/c1-2-4-14-12(3-1)7-8-23(14)18-21-17(10-19-22-18)20-13-5-6-15-16(9-13)25-11-24-15/h1-6,9-10H,7-8,11H2,(H,20,21,22). The van der Waals surface area contributed by atoms with Crippen molar-refractivity contribution < 1.29 is 9.47 Å². The molecule has 3 aromatic rings. The Hall–Kier alpha value is -3.35. The van der Waals surface area contributed by atoms with Gasteiger partial charge in [-0.2, -0.15) is 10.1 Å². The molecular formula is C18H15N5O2. The average molecular weight is 333 g/mol. The van der Waals surface area contributed by atoms with Crippen molar-refractivity contribution in [3.8, 4) is 11.5 Å². The van der Waals surface area contributed by atoms with E-state index in [-0.39, 0.29) is 6.79 Å². The maximum atomic E-state index is 5.40. The second-order valence-electron chi connectivity index (χ2n) is 5.87. The highest BCUT2D eigenvalue weighted by Crippen LogP contribution is 2.35. The Balaban J connectivity index is 1.42. The van der Waals surface area contributed by atoms with E-state index in [0.717, 1.165) is 35.8 Å². The van der Waals surface area contributed by atoms with Gasteiger partial charge in [0.05, 0.1) is 6.20 Å². The average Bonchev–Trinajstić information content (AvgIpc) is 3.28. The molecule has 7 heteroatoms. The van der Waals surface area contributed by atoms with Crippen LogP contribution in [0.1, 0.15) is 5.56 Å². The fourth-order valence-corrected chi connectivity index (χ4v) is 3.14. The van der Waals surface area contributed by atoms with Crippen LogP contribution in [0.2, 0.25) is 0 Å². The molecule has 0 amide bonds. The first-order valence-electron chi connectivity index (χ1n) is 8.09. The molecule has 0 radical (unpaired) electrons. The fraction of sp³-hybridized carbons (Fsp3) is 0.167. The number of aromatic nitrogens is 3. The number of fused-ring (bicyclic) bond motifs is 2. The molecule has 0 unspecified atom stereocenters. The Kier molecular flexibility index (Phi) is 3.16. The van der Waals surface area contributed by atoms with Crippen LogP contribution < -0.4 is 19.7 Å². The van der Waals surface area contributed by atoms with Crippen molar-refractivity contribution in [3.05, 3.63) is 54.2 Å². The van der Waals surface area contributed by atoms with E-state index in [0.29, 0.717) is 11.8 Å². The quantitative estimate of drug-likeness (QED) is 0.790. The van der Waals surface area contributed by atoms with Gasteiger partial charge in [0, 0.05) is 24.0 Å². The first-order chi connectivity index (χ1) is 12.4. The van der Waals surface area contributed by atoms with Gasteiger partial charge in [-0.15, -0.1) is 5.10 Å². The molecule has 0 aliphatic carbocycles. The van der Waals surface area contributed by atoms with Crippen molar-refractivity contribution in [2.45, 2.75) is 6.42 Å². The number of benzene rings is 2. The summed E-state index contributed by atoms with van der Waals surface area (Å²) >= 11 is 0. The van der Waals surface area contributed by atoms with Crippen LogP contribution in [0.25, 0.3) is 0 Å². The number of hydrogen-bond donors (Lipinski definition) is 1. The molecule has 1 aromatic heterocycles. The highest BCUT2D eigenvalue weighted by molar-refractivity contribution is 5.67. The molecule has 2 aromatic carbocycles. The SMILES string of the molecule is c1ccc2c(c1)CCN2c1nncc(Nc2ccc3c(c2)OCO3)n1. The molecule has 0 spiro atoms. The predicted molar refractivity (Wildman–Crippen MR) is 92.8 cm³/mol. The molecule has 0 saturated heterocycles. The van der Waals surface area contributed by atoms with Gasteiger partial charge in [-0.1, -0.05) is 18.2 Å². The van der Waals surface area contributed by atoms with Crippen molar-refractivity contribution >= 4 is 23.1 Å². The summed E-state index contributed by atoms with van der Waals surface area (Å²) in [5.41, 5.74) is 3.31. The molecule has 5 rings (SSSR count). The van der Waals surface area contributed by atoms with E-state index < -0.39 is 0 Å². The number of anilines is 4. The first kappa shape index (κ1) is 14.0. The number of nitrogens with zero attached hydrogens (tertiary/aromatic N) is 4. The molecular weight excluding hydrogens is 318 g/mol. The fourth-order valence-electron chi connectivity index (χ4n) is 3.14. The molecule has 25 heavy (non-hydrogen) atoms. The van der Waals surface area contributed by atoms with Gasteiger partial charge in [0.25, 0.3) is 5.95 Å². The predicted octanol–water partition coefficient (Wildman–Crippen LogP) is 3.04. The third-order valence-corrected chi connectivity index (χ3v) is 4.32. The van der Waals surface area contributed by atoms with Crippen molar-refractivity contribution in [3.63, 3.8) is 0 Å². The van der Waals surface area contributed by atoms with Gasteiger partial charge in [-0.3, -0.25) is 0 Å². The van der Waals surface area contributed by atoms with Crippen LogP contribution in [-0.2, 0) is 6.42 Å². The first-order valence-corrected chi connectivity index (χ1v) is 8.09. The second kappa shape index (κ2) is 5.62. The molecule has 7 nitrogen and oxygen atoms in total. The van der Waals surface area contributed by atoms with Crippen molar-refractivity contribution in [2.24, 2.45) is 0 Å². The Morgan fingerprint density at radius 2 is 1.96 bits per heavy atom. The van der Waals surface area contributed by atoms with E-state index in [1.807, 2.05) is 24.3 Å². The minimum absolute atomic E-state index is 0.256. The highest BCUT2D eigenvalue weighted by atomic mass is 16.7. The Bertz CT molecular complexity index is 946. The zero-order valence-corrected chi connectivity index (χ0v) is 13.3. The summed E-state index contributed by atoms with van der Waals surface area (Å²) in [4.78, 5) is 6.70. The van der Waals surface area contributed by atoms with Gasteiger partial charge in [0.1, 0.15) is 0 Å². The minimum Gasteiger partial charge on any atom is -0.454 e. The van der Waals surface area contributed by atoms with Crippen molar-refractivity contribution in [1.29, 1.82) is 0 Å². The monoisotopic (exact) mass is 333 g/mol. The summed E-state index contributed by atoms with van der Waals surface area (Å²) in [7, 11) is 0. The van der Waals surface area contributed by atoms with E-state index in [1.165, 1.54) is 5.56 Å². The van der Waals surface area contributed by atoms with Crippen LogP contribution in [0.15, 0.2) is 48.7 Å². The van der Waals surface area contributed by atoms with Gasteiger partial charge in [-0.05, 0) is 30.2 Å². The van der Waals surface area contributed by atoms with Gasteiger partial charge in [-0.25, -0.2) is 0 Å². The van der Waals surface area contributed by atoms with E-state index in [4.69, 9.17) is 9.47 Å². The smallest absolute Gasteiger partial charge is 0.251 e. The normalized spacial score (nSPS) is 14.5. The molecule has 1 N–H and O–H groups in total. The van der Waals surface area contributed by atoms with Crippen LogP contribution in [-0.4, -0.2) is 28.5 Å². The molecule has 2 aliphatic heterocycles. The number of para-hydroxylation sites is 1. The van der Waals surface area contributed by atoms with Gasteiger partial charge in [0.15, 0.2) is 17.3 Å². The zero-order chi connectivity index (χ0) is 16.6. The van der Waals surface area contributed by atoms with Crippen LogP contribution in [0.3, 0.4) is 0 Å². The number of hydrogen-bond acceptors (Lipinski definition) is 7. The maximum absolute atomic E-state index is 5.40. The van der Waals surface area contributed by atoms with Crippen LogP contribution in [0.5, 0.6) is 11.5 Å². The molecule has 0 fully saturated rings. The van der Waals surface area contributed by atoms with E-state index in [9.17, 15) is 0 Å². The topological polar surface area (TPSA) is 72.4 Å². The summed E-state index contributed by atoms with van der Waals surface area (Å²) in [6.07, 6.45) is 2.59. The Labute approximate surface area is 144 Å². The van der Waals surface area contributed by atoms with Crippen LogP contribution in [0.4, 0.5) is 23.1 Å². The van der Waals surface area contributed by atoms with Crippen molar-refractivity contribution in [2.75, 3.05) is 23.6 Å². The van der Waals surface area contributed by atoms with Gasteiger partial charge >= 0.3 is 0 Å². The molecule has 0 bridgehead atoms. The molecule has 0 saturated carbocycles. The third-order valence-electron chi connectivity index (χ3n) is 4.32. The second-order valence-corrected chi connectivity index (χ2v) is 5.87. The molecule has 2 aliphatic rings. The van der Waals surface area contributed by atoms with Gasteiger partial charge < -0.3 is 19.7 Å². The maximum Gasteiger partial charge on any atom is 0.251 e. The van der Waals surface area contributed by atoms with E-state index in [2.05, 4.69) is 43.6 Å². The summed E-state index contributed by atoms with van der Waals surface area (Å²) in [6.45, 7) is 1.11. The number of rotatable bonds is 3. The van der Waals surface area contributed by atoms with E-state index in [1.54, 1.807) is 6.20 Å². The Morgan fingerprint density at radius 3 is 2.96 bits per heavy atom. The highest BCUT2D eigenvalue weighted by Gasteiger charge is 2.22. The number of ether oxygens (including phenoxy) is 2. The van der Waals surface area contributed by atoms with E-state index >= 15 is 0 Å². The lowest BCUT2D eigenvalue weighted by molar-refractivity contribution is 0.174. The van der Waals surface area contributed by atoms with Crippen LogP contribution in [0, 0.1) is 0 Å². The lowest BCUT2D eigenvalue weighted by Crippen LogP contribution is -2.17. The molecule has 0 atom stereocenters. The Morgan fingerprint density at radius 1 is 1.04 bits per heavy atom. The van der Waals surface area contributed by atoms with Crippen LogP contribution >= 0.6 is 0 Å². The lowest BCUT2D eigenvalue weighted by atomic mass is 10.2. The lowest BCUT2D eigenvalue weighted by Gasteiger charge is -2.17. The third kappa shape index (κ3) is 2.50. The number of nitrogens with one attached hydrogen (secondary N) is 1. The largest absolute Gasteiger partial charge is 0.454 e. The zero-order valence-electron chi connectivity index (χ0n) is 13.3. The van der Waals surface area contributed by atoms with Gasteiger partial charge in [0.2, 0.25) is 6.79 Å². The summed E-state index contributed by atoms with van der Waals surface area (Å²) in [6, 6.07) is 14.0. The molecule has 124 valence electrons. The summed E-state index contributed by atoms with van der Waals surface area (Å²) < 4.78 is 10.7.